The predicted octanol–water partition coefficient (Wildman–Crippen LogP) is 1.35. The predicted molar refractivity (Wildman–Crippen MR) is 52.8 cm³/mol. The van der Waals surface area contributed by atoms with E-state index in [4.69, 9.17) is 4.84 Å². The number of oxime groups is 1. The number of nitrogens with zero attached hydrogens (tertiary/aromatic N) is 2. The van der Waals surface area contributed by atoms with E-state index in [1.165, 1.54) is 26.1 Å². The third-order valence-electron chi connectivity index (χ3n) is 3.01. The van der Waals surface area contributed by atoms with Crippen molar-refractivity contribution in [3.05, 3.63) is 0 Å². The first kappa shape index (κ1) is 9.00. The van der Waals surface area contributed by atoms with Gasteiger partial charge in [0, 0.05) is 25.2 Å². The number of fused-ring (bicyclic) bond motifs is 2. The van der Waals surface area contributed by atoms with Gasteiger partial charge in [0.2, 0.25) is 0 Å². The lowest BCUT2D eigenvalue weighted by molar-refractivity contribution is 0.144. The smallest absolute Gasteiger partial charge is 0.116 e. The van der Waals surface area contributed by atoms with Crippen LogP contribution in [0, 0.1) is 11.8 Å². The highest BCUT2D eigenvalue weighted by Crippen LogP contribution is 2.31. The highest BCUT2D eigenvalue weighted by Gasteiger charge is 2.36. The Morgan fingerprint density at radius 2 is 2.46 bits per heavy atom. The van der Waals surface area contributed by atoms with E-state index >= 15 is 0 Å². The fourth-order valence-electron chi connectivity index (χ4n) is 2.26. The zero-order valence-corrected chi connectivity index (χ0v) is 8.28. The van der Waals surface area contributed by atoms with Crippen LogP contribution in [0.2, 0.25) is 0 Å². The number of rotatable bonds is 4. The summed E-state index contributed by atoms with van der Waals surface area (Å²) in [7, 11) is 0. The minimum absolute atomic E-state index is 0.658. The highest BCUT2D eigenvalue weighted by atomic mass is 16.6. The van der Waals surface area contributed by atoms with Crippen LogP contribution in [0.25, 0.3) is 0 Å². The standard InChI is InChI=1S/C10H18N2O/c1-2-5-13-11-6-10-8-12-4-3-9(10)7-12/h6,9-10H,2-5,7-8H2,1H3/b11-6+/t9-,10-/m0/s1. The molecular formula is C10H18N2O. The van der Waals surface area contributed by atoms with Crippen LogP contribution in [0.15, 0.2) is 5.16 Å². The molecule has 0 amide bonds. The number of piperidine rings is 1. The molecule has 2 aliphatic heterocycles. The maximum Gasteiger partial charge on any atom is 0.116 e. The number of hydrogen-bond donors (Lipinski definition) is 0. The molecular weight excluding hydrogens is 164 g/mol. The van der Waals surface area contributed by atoms with Gasteiger partial charge in [-0.3, -0.25) is 0 Å². The Labute approximate surface area is 79.7 Å². The third-order valence-corrected chi connectivity index (χ3v) is 3.01. The Hall–Kier alpha value is -0.570. The summed E-state index contributed by atoms with van der Waals surface area (Å²) in [5, 5.41) is 4.01. The lowest BCUT2D eigenvalue weighted by Gasteiger charge is -2.17. The second-order valence-electron chi connectivity index (χ2n) is 4.06. The van der Waals surface area contributed by atoms with Crippen molar-refractivity contribution >= 4 is 6.21 Å². The summed E-state index contributed by atoms with van der Waals surface area (Å²) in [6, 6.07) is 0. The first-order chi connectivity index (χ1) is 6.40. The van der Waals surface area contributed by atoms with Crippen LogP contribution in [-0.2, 0) is 4.84 Å². The summed E-state index contributed by atoms with van der Waals surface area (Å²) >= 11 is 0. The average Bonchev–Trinajstić information content (AvgIpc) is 2.73. The number of hydrogen-bond acceptors (Lipinski definition) is 3. The molecule has 0 aliphatic carbocycles. The summed E-state index contributed by atoms with van der Waals surface area (Å²) < 4.78 is 0. The largest absolute Gasteiger partial charge is 0.396 e. The molecule has 0 N–H and O–H groups in total. The van der Waals surface area contributed by atoms with E-state index < -0.39 is 0 Å². The van der Waals surface area contributed by atoms with Crippen molar-refractivity contribution in [1.29, 1.82) is 0 Å². The van der Waals surface area contributed by atoms with E-state index in [9.17, 15) is 0 Å². The summed E-state index contributed by atoms with van der Waals surface area (Å²) in [4.78, 5) is 7.62. The molecule has 0 aromatic rings. The molecule has 2 aliphatic rings. The van der Waals surface area contributed by atoms with Crippen LogP contribution in [-0.4, -0.2) is 37.4 Å². The lowest BCUT2D eigenvalue weighted by atomic mass is 9.94. The van der Waals surface area contributed by atoms with E-state index in [1.54, 1.807) is 0 Å². The van der Waals surface area contributed by atoms with E-state index in [0.717, 1.165) is 18.9 Å². The maximum atomic E-state index is 5.10. The topological polar surface area (TPSA) is 24.8 Å². The molecule has 3 atom stereocenters. The second kappa shape index (κ2) is 4.09. The zero-order chi connectivity index (χ0) is 9.10. The monoisotopic (exact) mass is 182 g/mol. The molecule has 2 saturated heterocycles. The first-order valence-electron chi connectivity index (χ1n) is 5.28. The Kier molecular flexibility index (Phi) is 2.83. The van der Waals surface area contributed by atoms with Gasteiger partial charge >= 0.3 is 0 Å². The molecule has 0 aromatic heterocycles. The van der Waals surface area contributed by atoms with Crippen LogP contribution in [0.1, 0.15) is 19.8 Å². The minimum atomic E-state index is 0.658. The van der Waals surface area contributed by atoms with Gasteiger partial charge in [-0.1, -0.05) is 12.1 Å². The molecule has 0 spiro atoms. The van der Waals surface area contributed by atoms with Crippen molar-refractivity contribution in [2.75, 3.05) is 26.2 Å². The molecule has 2 fully saturated rings. The molecule has 1 unspecified atom stereocenters. The molecule has 2 bridgehead atoms. The average molecular weight is 182 g/mol. The van der Waals surface area contributed by atoms with Gasteiger partial charge in [-0.25, -0.2) is 0 Å². The van der Waals surface area contributed by atoms with Crippen LogP contribution >= 0.6 is 0 Å². The van der Waals surface area contributed by atoms with Crippen LogP contribution in [0.3, 0.4) is 0 Å². The van der Waals surface area contributed by atoms with E-state index in [1.807, 2.05) is 6.21 Å². The molecule has 0 radical (unpaired) electrons. The Bertz CT molecular complexity index is 193. The van der Waals surface area contributed by atoms with Gasteiger partial charge in [0.15, 0.2) is 0 Å². The lowest BCUT2D eigenvalue weighted by Crippen LogP contribution is -2.24. The Balaban J connectivity index is 1.73. The van der Waals surface area contributed by atoms with Crippen LogP contribution in [0.4, 0.5) is 0 Å². The van der Waals surface area contributed by atoms with E-state index in [-0.39, 0.29) is 0 Å². The summed E-state index contributed by atoms with van der Waals surface area (Å²) in [5.41, 5.74) is 0. The van der Waals surface area contributed by atoms with Gasteiger partial charge in [0.25, 0.3) is 0 Å². The fraction of sp³-hybridized carbons (Fsp3) is 0.900. The van der Waals surface area contributed by atoms with Crippen molar-refractivity contribution in [3.63, 3.8) is 0 Å². The highest BCUT2D eigenvalue weighted by molar-refractivity contribution is 5.61. The van der Waals surface area contributed by atoms with Crippen molar-refractivity contribution in [3.8, 4) is 0 Å². The Morgan fingerprint density at radius 3 is 3.08 bits per heavy atom. The zero-order valence-electron chi connectivity index (χ0n) is 8.28. The van der Waals surface area contributed by atoms with Gasteiger partial charge in [0.05, 0.1) is 0 Å². The van der Waals surface area contributed by atoms with Crippen LogP contribution < -0.4 is 0 Å². The molecule has 3 nitrogen and oxygen atoms in total. The maximum absolute atomic E-state index is 5.10. The summed E-state index contributed by atoms with van der Waals surface area (Å²) in [6.45, 7) is 6.62. The van der Waals surface area contributed by atoms with Gasteiger partial charge in [-0.15, -0.1) is 0 Å². The van der Waals surface area contributed by atoms with Crippen molar-refractivity contribution in [2.24, 2.45) is 17.0 Å². The second-order valence-corrected chi connectivity index (χ2v) is 4.06. The van der Waals surface area contributed by atoms with E-state index in [2.05, 4.69) is 17.0 Å². The van der Waals surface area contributed by atoms with E-state index in [0.29, 0.717) is 5.92 Å². The third kappa shape index (κ3) is 2.02. The molecule has 2 rings (SSSR count). The normalized spacial score (nSPS) is 37.5. The molecule has 13 heavy (non-hydrogen) atoms. The SMILES string of the molecule is CCCO/N=C/[C@H]1CN2CC[C@H]1C2. The molecule has 74 valence electrons. The molecule has 0 aromatic carbocycles. The van der Waals surface area contributed by atoms with Gasteiger partial charge in [0.1, 0.15) is 6.61 Å². The van der Waals surface area contributed by atoms with Gasteiger partial charge in [-0.2, -0.15) is 0 Å². The summed E-state index contributed by atoms with van der Waals surface area (Å²) in [5.74, 6) is 1.51. The molecule has 0 saturated carbocycles. The van der Waals surface area contributed by atoms with Gasteiger partial charge in [-0.05, 0) is 25.3 Å². The molecule has 2 heterocycles. The van der Waals surface area contributed by atoms with Crippen molar-refractivity contribution in [1.82, 2.24) is 4.90 Å². The van der Waals surface area contributed by atoms with Crippen LogP contribution in [0.5, 0.6) is 0 Å². The summed E-state index contributed by atoms with van der Waals surface area (Å²) in [6.07, 6.45) is 4.40. The quantitative estimate of drug-likeness (QED) is 0.372. The minimum Gasteiger partial charge on any atom is -0.396 e. The molecule has 3 heteroatoms. The first-order valence-corrected chi connectivity index (χ1v) is 5.28. The van der Waals surface area contributed by atoms with Crippen molar-refractivity contribution in [2.45, 2.75) is 19.8 Å². The van der Waals surface area contributed by atoms with Gasteiger partial charge < -0.3 is 9.74 Å². The Morgan fingerprint density at radius 1 is 1.54 bits per heavy atom. The van der Waals surface area contributed by atoms with Crippen molar-refractivity contribution < 1.29 is 4.84 Å². The fourth-order valence-corrected chi connectivity index (χ4v) is 2.26.